The standard InChI is InChI=1S/C10H11N3O/c1-7(14)13(2)10-11-8-5-3-4-6-9(8)12-10/h3-6,10H,1-2H3. The maximum atomic E-state index is 11.1. The van der Waals surface area contributed by atoms with Crippen LogP contribution in [0, 0.1) is 0 Å². The van der Waals surface area contributed by atoms with Gasteiger partial charge in [0.1, 0.15) is 0 Å². The van der Waals surface area contributed by atoms with Crippen molar-refractivity contribution in [3.8, 4) is 0 Å². The second kappa shape index (κ2) is 3.21. The second-order valence-corrected chi connectivity index (χ2v) is 3.22. The lowest BCUT2D eigenvalue weighted by Crippen LogP contribution is -2.32. The normalized spacial score (nSPS) is 14.1. The summed E-state index contributed by atoms with van der Waals surface area (Å²) in [6.45, 7) is 1.51. The summed E-state index contributed by atoms with van der Waals surface area (Å²) >= 11 is 0. The molecule has 0 unspecified atom stereocenters. The molecular weight excluding hydrogens is 178 g/mol. The van der Waals surface area contributed by atoms with E-state index in [2.05, 4.69) is 9.98 Å². The van der Waals surface area contributed by atoms with Gasteiger partial charge in [-0.25, -0.2) is 9.98 Å². The minimum atomic E-state index is -0.384. The number of hydrogen-bond acceptors (Lipinski definition) is 3. The molecular formula is C10H11N3O. The number of amides is 1. The van der Waals surface area contributed by atoms with Crippen LogP contribution < -0.4 is 10.7 Å². The van der Waals surface area contributed by atoms with Crippen LogP contribution in [0.4, 0.5) is 0 Å². The predicted octanol–water partition coefficient (Wildman–Crippen LogP) is -0.299. The highest BCUT2D eigenvalue weighted by atomic mass is 16.2. The smallest absolute Gasteiger partial charge is 0.222 e. The van der Waals surface area contributed by atoms with Gasteiger partial charge >= 0.3 is 0 Å². The first-order valence-electron chi connectivity index (χ1n) is 4.42. The molecule has 4 nitrogen and oxygen atoms in total. The van der Waals surface area contributed by atoms with Crippen LogP contribution in [0.3, 0.4) is 0 Å². The topological polar surface area (TPSA) is 45.0 Å². The van der Waals surface area contributed by atoms with Crippen molar-refractivity contribution in [3.05, 3.63) is 35.0 Å². The zero-order valence-corrected chi connectivity index (χ0v) is 8.14. The van der Waals surface area contributed by atoms with E-state index in [1.807, 2.05) is 24.3 Å². The van der Waals surface area contributed by atoms with Crippen molar-refractivity contribution in [2.24, 2.45) is 9.98 Å². The van der Waals surface area contributed by atoms with E-state index in [1.54, 1.807) is 7.05 Å². The van der Waals surface area contributed by atoms with Crippen molar-refractivity contribution in [1.82, 2.24) is 4.90 Å². The molecule has 1 heterocycles. The molecule has 1 amide bonds. The Balaban J connectivity index is 2.40. The fourth-order valence-electron chi connectivity index (χ4n) is 1.30. The first-order valence-corrected chi connectivity index (χ1v) is 4.42. The summed E-state index contributed by atoms with van der Waals surface area (Å²) in [7, 11) is 1.70. The van der Waals surface area contributed by atoms with Crippen LogP contribution >= 0.6 is 0 Å². The Morgan fingerprint density at radius 1 is 1.29 bits per heavy atom. The van der Waals surface area contributed by atoms with Crippen LogP contribution in [0.5, 0.6) is 0 Å². The lowest BCUT2D eigenvalue weighted by Gasteiger charge is -2.17. The predicted molar refractivity (Wildman–Crippen MR) is 51.0 cm³/mol. The third-order valence-corrected chi connectivity index (χ3v) is 2.23. The number of para-hydroxylation sites is 2. The first-order chi connectivity index (χ1) is 6.68. The van der Waals surface area contributed by atoms with Gasteiger partial charge in [-0.2, -0.15) is 0 Å². The molecule has 1 aromatic rings. The van der Waals surface area contributed by atoms with Gasteiger partial charge in [-0.05, 0) is 12.1 Å². The van der Waals surface area contributed by atoms with Crippen LogP contribution in [-0.2, 0) is 4.79 Å². The monoisotopic (exact) mass is 189 g/mol. The van der Waals surface area contributed by atoms with Crippen molar-refractivity contribution in [2.75, 3.05) is 7.05 Å². The summed E-state index contributed by atoms with van der Waals surface area (Å²) in [5, 5.41) is 1.70. The molecule has 14 heavy (non-hydrogen) atoms. The number of fused-ring (bicyclic) bond motifs is 1. The summed E-state index contributed by atoms with van der Waals surface area (Å²) in [6.07, 6.45) is -0.384. The minimum absolute atomic E-state index is 0.0321. The molecule has 0 bridgehead atoms. The van der Waals surface area contributed by atoms with E-state index >= 15 is 0 Å². The van der Waals surface area contributed by atoms with Crippen LogP contribution in [0.25, 0.3) is 0 Å². The largest absolute Gasteiger partial charge is 0.305 e. The van der Waals surface area contributed by atoms with Crippen molar-refractivity contribution in [3.63, 3.8) is 0 Å². The number of carbonyl (C=O) groups is 1. The summed E-state index contributed by atoms with van der Waals surface area (Å²) in [6, 6.07) is 7.61. The van der Waals surface area contributed by atoms with Gasteiger partial charge in [-0.3, -0.25) is 4.79 Å². The summed E-state index contributed by atoms with van der Waals surface area (Å²) in [5.41, 5.74) is 0. The molecule has 0 saturated heterocycles. The van der Waals surface area contributed by atoms with Gasteiger partial charge in [0.15, 0.2) is 0 Å². The average molecular weight is 189 g/mol. The average Bonchev–Trinajstić information content (AvgIpc) is 2.59. The van der Waals surface area contributed by atoms with E-state index in [9.17, 15) is 4.79 Å². The van der Waals surface area contributed by atoms with Crippen molar-refractivity contribution in [1.29, 1.82) is 0 Å². The van der Waals surface area contributed by atoms with Gasteiger partial charge < -0.3 is 4.90 Å². The van der Waals surface area contributed by atoms with Crippen LogP contribution in [0.1, 0.15) is 6.92 Å². The van der Waals surface area contributed by atoms with E-state index in [1.165, 1.54) is 11.8 Å². The van der Waals surface area contributed by atoms with Crippen molar-refractivity contribution >= 4 is 5.91 Å². The quantitative estimate of drug-likeness (QED) is 0.598. The Bertz CT molecular complexity index is 445. The molecule has 1 aromatic carbocycles. The van der Waals surface area contributed by atoms with Crippen LogP contribution in [0.2, 0.25) is 0 Å². The van der Waals surface area contributed by atoms with Gasteiger partial charge in [0.25, 0.3) is 0 Å². The lowest BCUT2D eigenvalue weighted by molar-refractivity contribution is -0.129. The molecule has 0 fully saturated rings. The fourth-order valence-corrected chi connectivity index (χ4v) is 1.30. The molecule has 72 valence electrons. The number of hydrogen-bond donors (Lipinski definition) is 0. The maximum Gasteiger partial charge on any atom is 0.222 e. The van der Waals surface area contributed by atoms with E-state index in [0.717, 1.165) is 10.7 Å². The van der Waals surface area contributed by atoms with Crippen molar-refractivity contribution in [2.45, 2.75) is 13.2 Å². The Morgan fingerprint density at radius 2 is 1.79 bits per heavy atom. The highest BCUT2D eigenvalue weighted by molar-refractivity contribution is 5.73. The molecule has 0 atom stereocenters. The molecule has 0 spiro atoms. The third kappa shape index (κ3) is 1.39. The molecule has 2 rings (SSSR count). The number of nitrogens with zero attached hydrogens (tertiary/aromatic N) is 3. The molecule has 1 aliphatic rings. The molecule has 0 aliphatic carbocycles. The number of rotatable bonds is 1. The molecule has 1 aliphatic heterocycles. The van der Waals surface area contributed by atoms with Gasteiger partial charge in [0.2, 0.25) is 12.2 Å². The van der Waals surface area contributed by atoms with E-state index in [0.29, 0.717) is 0 Å². The van der Waals surface area contributed by atoms with E-state index in [-0.39, 0.29) is 12.2 Å². The zero-order chi connectivity index (χ0) is 10.1. The summed E-state index contributed by atoms with van der Waals surface area (Å²) < 4.78 is 0. The zero-order valence-electron chi connectivity index (χ0n) is 8.14. The summed E-state index contributed by atoms with van der Waals surface area (Å²) in [5.74, 6) is -0.0321. The number of carbonyl (C=O) groups excluding carboxylic acids is 1. The minimum Gasteiger partial charge on any atom is -0.305 e. The van der Waals surface area contributed by atoms with E-state index < -0.39 is 0 Å². The highest BCUT2D eigenvalue weighted by Gasteiger charge is 2.16. The van der Waals surface area contributed by atoms with Crippen molar-refractivity contribution < 1.29 is 4.79 Å². The van der Waals surface area contributed by atoms with Gasteiger partial charge in [0, 0.05) is 14.0 Å². The molecule has 0 saturated carbocycles. The second-order valence-electron chi connectivity index (χ2n) is 3.22. The molecule has 4 heteroatoms. The summed E-state index contributed by atoms with van der Waals surface area (Å²) in [4.78, 5) is 21.2. The fraction of sp³-hybridized carbons (Fsp3) is 0.300. The van der Waals surface area contributed by atoms with Crippen LogP contribution in [0.15, 0.2) is 34.3 Å². The molecule has 0 N–H and O–H groups in total. The lowest BCUT2D eigenvalue weighted by atomic mass is 10.3. The van der Waals surface area contributed by atoms with Gasteiger partial charge in [-0.15, -0.1) is 0 Å². The van der Waals surface area contributed by atoms with Gasteiger partial charge in [0.05, 0.1) is 10.7 Å². The Hall–Kier alpha value is -1.71. The Morgan fingerprint density at radius 3 is 2.21 bits per heavy atom. The maximum absolute atomic E-state index is 11.1. The molecule has 0 radical (unpaired) electrons. The Labute approximate surface area is 81.6 Å². The first kappa shape index (κ1) is 8.87. The number of benzene rings is 1. The molecule has 0 aromatic heterocycles. The van der Waals surface area contributed by atoms with E-state index in [4.69, 9.17) is 0 Å². The van der Waals surface area contributed by atoms with Gasteiger partial charge in [-0.1, -0.05) is 12.1 Å². The highest BCUT2D eigenvalue weighted by Crippen LogP contribution is 2.00. The Kier molecular flexibility index (Phi) is 2.04. The van der Waals surface area contributed by atoms with Crippen LogP contribution in [-0.4, -0.2) is 24.1 Å². The SMILES string of the molecule is CC(=O)N(C)C1N=c2ccccc2=N1. The third-order valence-electron chi connectivity index (χ3n) is 2.23.